The molecule has 1 N–H and O–H groups in total. The third-order valence-corrected chi connectivity index (χ3v) is 1.66. The quantitative estimate of drug-likeness (QED) is 0.610. The van der Waals surface area contributed by atoms with Crippen LogP contribution in [0.4, 0.5) is 4.39 Å². The second-order valence-corrected chi connectivity index (χ2v) is 3.30. The minimum absolute atomic E-state index is 0.171. The van der Waals surface area contributed by atoms with Crippen molar-refractivity contribution in [3.63, 3.8) is 0 Å². The maximum absolute atomic E-state index is 12.6. The summed E-state index contributed by atoms with van der Waals surface area (Å²) in [5, 5.41) is 8.96. The van der Waals surface area contributed by atoms with Crippen molar-refractivity contribution in [3.05, 3.63) is 0 Å². The number of ether oxygens (including phenoxy) is 2. The Labute approximate surface area is 79.6 Å². The molecule has 0 spiro atoms. The number of alkyl halides is 1. The number of aliphatic hydroxyl groups excluding tert-OH is 1. The van der Waals surface area contributed by atoms with E-state index in [1.807, 2.05) is 0 Å². The summed E-state index contributed by atoms with van der Waals surface area (Å²) < 4.78 is 22.6. The van der Waals surface area contributed by atoms with E-state index in [0.29, 0.717) is 0 Å². The molecule has 3 nitrogen and oxygen atoms in total. The summed E-state index contributed by atoms with van der Waals surface area (Å²) in [6.07, 6.45) is -1.28. The highest BCUT2D eigenvalue weighted by Gasteiger charge is 2.28. The number of halogens is 1. The van der Waals surface area contributed by atoms with Gasteiger partial charge in [-0.3, -0.25) is 0 Å². The van der Waals surface area contributed by atoms with Crippen LogP contribution in [0.3, 0.4) is 0 Å². The van der Waals surface area contributed by atoms with Crippen LogP contribution in [0.25, 0.3) is 0 Å². The van der Waals surface area contributed by atoms with E-state index < -0.39 is 17.8 Å². The number of methoxy groups -OCH3 is 1. The van der Waals surface area contributed by atoms with Gasteiger partial charge in [0.15, 0.2) is 0 Å². The molecule has 0 aliphatic carbocycles. The summed E-state index contributed by atoms with van der Waals surface area (Å²) in [6.45, 7) is 2.82. The Morgan fingerprint density at radius 1 is 1.62 bits per heavy atom. The van der Waals surface area contributed by atoms with Crippen LogP contribution in [-0.2, 0) is 9.47 Å². The second kappa shape index (κ2) is 5.57. The molecule has 0 heterocycles. The molecule has 0 aromatic rings. The molecule has 0 fully saturated rings. The van der Waals surface area contributed by atoms with Gasteiger partial charge in [0.2, 0.25) is 0 Å². The maximum Gasteiger partial charge on any atom is 0.115 e. The molecule has 0 aliphatic rings. The molecule has 0 aliphatic heterocycles. The molecule has 0 bridgehead atoms. The van der Waals surface area contributed by atoms with Crippen molar-refractivity contribution < 1.29 is 19.0 Å². The van der Waals surface area contributed by atoms with Gasteiger partial charge in [0.25, 0.3) is 0 Å². The Morgan fingerprint density at radius 2 is 2.15 bits per heavy atom. The standard InChI is InChI=1S/C8H16BFO3/c1-6(10)7(9)13-8(2,4-11)5-12-3/h6-7,11H,4-5H2,1-3H3/t6-,7?,8+/m1/s1. The molecule has 0 saturated carbocycles. The smallest absolute Gasteiger partial charge is 0.115 e. The van der Waals surface area contributed by atoms with Gasteiger partial charge in [-0.1, -0.05) is 0 Å². The summed E-state index contributed by atoms with van der Waals surface area (Å²) in [5.41, 5.74) is -0.936. The molecular weight excluding hydrogens is 174 g/mol. The lowest BCUT2D eigenvalue weighted by Gasteiger charge is -2.31. The van der Waals surface area contributed by atoms with Gasteiger partial charge in [-0.15, -0.1) is 0 Å². The fourth-order valence-corrected chi connectivity index (χ4v) is 0.845. The van der Waals surface area contributed by atoms with E-state index in [1.54, 1.807) is 6.92 Å². The Kier molecular flexibility index (Phi) is 5.52. The normalized spacial score (nSPS) is 20.7. The van der Waals surface area contributed by atoms with E-state index in [2.05, 4.69) is 0 Å². The first-order valence-corrected chi connectivity index (χ1v) is 4.12. The number of hydrogen-bond acceptors (Lipinski definition) is 3. The summed E-state index contributed by atoms with van der Waals surface area (Å²) >= 11 is 0. The van der Waals surface area contributed by atoms with Crippen LogP contribution in [0, 0.1) is 0 Å². The summed E-state index contributed by atoms with van der Waals surface area (Å²) in [7, 11) is 6.82. The van der Waals surface area contributed by atoms with Gasteiger partial charge in [-0.25, -0.2) is 4.39 Å². The molecule has 0 aromatic carbocycles. The minimum Gasteiger partial charge on any atom is -0.393 e. The van der Waals surface area contributed by atoms with E-state index >= 15 is 0 Å². The molecule has 0 aromatic heterocycles. The van der Waals surface area contributed by atoms with Crippen molar-refractivity contribution in [1.82, 2.24) is 0 Å². The largest absolute Gasteiger partial charge is 0.393 e. The van der Waals surface area contributed by atoms with E-state index in [1.165, 1.54) is 14.0 Å². The SMILES string of the molecule is [B]C(O[C@@](C)(CO)COC)[C@@H](C)F. The molecule has 3 atom stereocenters. The van der Waals surface area contributed by atoms with Gasteiger partial charge in [0.05, 0.1) is 13.2 Å². The summed E-state index contributed by atoms with van der Waals surface area (Å²) in [6, 6.07) is -1.03. The highest BCUT2D eigenvalue weighted by molar-refractivity contribution is 6.11. The van der Waals surface area contributed by atoms with E-state index in [9.17, 15) is 4.39 Å². The molecule has 2 radical (unpaired) electrons. The highest BCUT2D eigenvalue weighted by Crippen LogP contribution is 2.14. The lowest BCUT2D eigenvalue weighted by molar-refractivity contribution is -0.129. The van der Waals surface area contributed by atoms with Crippen LogP contribution in [0.1, 0.15) is 13.8 Å². The van der Waals surface area contributed by atoms with E-state index in [4.69, 9.17) is 22.4 Å². The first-order chi connectivity index (χ1) is 5.95. The molecule has 0 saturated heterocycles. The first kappa shape index (κ1) is 12.9. The van der Waals surface area contributed by atoms with Crippen LogP contribution in [0.5, 0.6) is 0 Å². The van der Waals surface area contributed by atoms with Crippen molar-refractivity contribution in [2.24, 2.45) is 0 Å². The monoisotopic (exact) mass is 190 g/mol. The van der Waals surface area contributed by atoms with Crippen LogP contribution in [0.15, 0.2) is 0 Å². The fourth-order valence-electron chi connectivity index (χ4n) is 0.845. The van der Waals surface area contributed by atoms with Crippen molar-refractivity contribution in [3.8, 4) is 0 Å². The number of aliphatic hydroxyl groups is 1. The lowest BCUT2D eigenvalue weighted by atomic mass is 9.94. The van der Waals surface area contributed by atoms with Gasteiger partial charge in [-0.2, -0.15) is 0 Å². The van der Waals surface area contributed by atoms with Gasteiger partial charge < -0.3 is 14.6 Å². The van der Waals surface area contributed by atoms with Gasteiger partial charge >= 0.3 is 0 Å². The van der Waals surface area contributed by atoms with Crippen molar-refractivity contribution >= 4 is 7.85 Å². The summed E-state index contributed by atoms with van der Waals surface area (Å²) in [5.74, 6) is 0. The zero-order valence-electron chi connectivity index (χ0n) is 8.29. The van der Waals surface area contributed by atoms with Gasteiger partial charge in [-0.05, 0) is 13.8 Å². The Balaban J connectivity index is 4.09. The van der Waals surface area contributed by atoms with Crippen molar-refractivity contribution in [1.29, 1.82) is 0 Å². The van der Waals surface area contributed by atoms with Crippen LogP contribution >= 0.6 is 0 Å². The molecule has 0 rings (SSSR count). The number of rotatable bonds is 6. The van der Waals surface area contributed by atoms with Gasteiger partial charge in [0.1, 0.15) is 19.6 Å². The summed E-state index contributed by atoms with van der Waals surface area (Å²) in [4.78, 5) is 0. The molecule has 1 unspecified atom stereocenters. The second-order valence-electron chi connectivity index (χ2n) is 3.30. The molecule has 0 amide bonds. The Morgan fingerprint density at radius 3 is 2.46 bits per heavy atom. The zero-order valence-corrected chi connectivity index (χ0v) is 8.29. The average Bonchev–Trinajstić information content (AvgIpc) is 2.04. The minimum atomic E-state index is -1.28. The lowest BCUT2D eigenvalue weighted by Crippen LogP contribution is -2.44. The van der Waals surface area contributed by atoms with Crippen molar-refractivity contribution in [2.45, 2.75) is 31.6 Å². The third-order valence-electron chi connectivity index (χ3n) is 1.66. The average molecular weight is 190 g/mol. The number of hydrogen-bond donors (Lipinski definition) is 1. The maximum atomic E-state index is 12.6. The molecule has 76 valence electrons. The highest BCUT2D eigenvalue weighted by atomic mass is 19.1. The molecular formula is C8H16BFO3. The molecule has 5 heteroatoms. The Hall–Kier alpha value is -0.125. The van der Waals surface area contributed by atoms with E-state index in [0.717, 1.165) is 0 Å². The van der Waals surface area contributed by atoms with Crippen LogP contribution < -0.4 is 0 Å². The first-order valence-electron chi connectivity index (χ1n) is 4.12. The predicted molar refractivity (Wildman–Crippen MR) is 48.6 cm³/mol. The predicted octanol–water partition coefficient (Wildman–Crippen LogP) is 0.253. The van der Waals surface area contributed by atoms with Crippen molar-refractivity contribution in [2.75, 3.05) is 20.3 Å². The van der Waals surface area contributed by atoms with Gasteiger partial charge in [0, 0.05) is 13.1 Å². The third kappa shape index (κ3) is 4.59. The van der Waals surface area contributed by atoms with Crippen LogP contribution in [0.2, 0.25) is 0 Å². The fraction of sp³-hybridized carbons (Fsp3) is 1.00. The van der Waals surface area contributed by atoms with E-state index in [-0.39, 0.29) is 13.2 Å². The Bertz CT molecular complexity index is 145. The zero-order chi connectivity index (χ0) is 10.5. The molecule has 13 heavy (non-hydrogen) atoms. The van der Waals surface area contributed by atoms with Crippen LogP contribution in [-0.4, -0.2) is 51.1 Å². The topological polar surface area (TPSA) is 38.7 Å².